The molecular weight excluding hydrogens is 647 g/mol. The number of esters is 1. The maximum Gasteiger partial charge on any atom is 0.305 e. The molecule has 0 saturated heterocycles. The predicted octanol–water partition coefficient (Wildman–Crippen LogP) is 12.6. The van der Waals surface area contributed by atoms with Crippen LogP contribution in [0.4, 0.5) is 0 Å². The third-order valence-electron chi connectivity index (χ3n) is 9.88. The van der Waals surface area contributed by atoms with Crippen molar-refractivity contribution in [3.8, 4) is 0 Å². The Balaban J connectivity index is 3.56. The summed E-state index contributed by atoms with van der Waals surface area (Å²) in [4.78, 5) is 24.3. The molecule has 52 heavy (non-hydrogen) atoms. The lowest BCUT2D eigenvalue weighted by Gasteiger charge is -2.20. The van der Waals surface area contributed by atoms with E-state index in [1.807, 2.05) is 6.08 Å². The minimum atomic E-state index is -0.858. The number of aliphatic hydroxyl groups excluding tert-OH is 2. The second-order valence-electron chi connectivity index (χ2n) is 15.0. The maximum absolute atomic E-state index is 12.3. The summed E-state index contributed by atoms with van der Waals surface area (Å²) in [6, 6.07) is -0.645. The molecule has 0 rings (SSSR count). The highest BCUT2D eigenvalue weighted by atomic mass is 16.5. The van der Waals surface area contributed by atoms with Crippen LogP contribution in [-0.2, 0) is 14.3 Å². The van der Waals surface area contributed by atoms with Crippen molar-refractivity contribution in [2.24, 2.45) is 0 Å². The molecule has 2 atom stereocenters. The maximum atomic E-state index is 12.3. The van der Waals surface area contributed by atoms with Crippen molar-refractivity contribution in [3.63, 3.8) is 0 Å². The van der Waals surface area contributed by atoms with E-state index in [9.17, 15) is 19.8 Å². The van der Waals surface area contributed by atoms with Crippen LogP contribution in [0.1, 0.15) is 219 Å². The molecule has 0 aliphatic carbocycles. The normalized spacial score (nSPS) is 13.1. The van der Waals surface area contributed by atoms with E-state index in [4.69, 9.17) is 4.74 Å². The van der Waals surface area contributed by atoms with Gasteiger partial charge in [-0.25, -0.2) is 0 Å². The van der Waals surface area contributed by atoms with Crippen LogP contribution >= 0.6 is 0 Å². The van der Waals surface area contributed by atoms with Crippen molar-refractivity contribution in [1.29, 1.82) is 0 Å². The quantitative estimate of drug-likeness (QED) is 0.0331. The van der Waals surface area contributed by atoms with Crippen molar-refractivity contribution in [2.75, 3.05) is 13.2 Å². The predicted molar refractivity (Wildman–Crippen MR) is 222 cm³/mol. The first kappa shape index (κ1) is 50.1. The van der Waals surface area contributed by atoms with Crippen molar-refractivity contribution in [3.05, 3.63) is 36.5 Å². The van der Waals surface area contributed by atoms with Gasteiger partial charge < -0.3 is 20.3 Å². The Labute approximate surface area is 322 Å². The lowest BCUT2D eigenvalue weighted by molar-refractivity contribution is -0.143. The highest BCUT2D eigenvalue weighted by Crippen LogP contribution is 2.13. The average molecular weight is 732 g/mol. The number of ether oxygens (including phenoxy) is 1. The van der Waals surface area contributed by atoms with Gasteiger partial charge in [-0.2, -0.15) is 0 Å². The molecule has 3 N–H and O–H groups in total. The van der Waals surface area contributed by atoms with Crippen LogP contribution in [0.5, 0.6) is 0 Å². The molecule has 0 aliphatic rings. The molecule has 0 aromatic rings. The lowest BCUT2D eigenvalue weighted by atomic mass is 10.1. The van der Waals surface area contributed by atoms with E-state index in [1.54, 1.807) is 6.08 Å². The number of aliphatic hydroxyl groups is 2. The van der Waals surface area contributed by atoms with Crippen molar-refractivity contribution in [2.45, 2.75) is 231 Å². The fourth-order valence-corrected chi connectivity index (χ4v) is 6.38. The van der Waals surface area contributed by atoms with E-state index in [1.165, 1.54) is 109 Å². The Morgan fingerprint density at radius 1 is 0.519 bits per heavy atom. The zero-order chi connectivity index (χ0) is 38.0. The first-order valence-corrected chi connectivity index (χ1v) is 22.3. The van der Waals surface area contributed by atoms with Gasteiger partial charge in [0.05, 0.1) is 25.4 Å². The Morgan fingerprint density at radius 2 is 0.904 bits per heavy atom. The molecule has 0 aromatic heterocycles. The minimum Gasteiger partial charge on any atom is -0.466 e. The highest BCUT2D eigenvalue weighted by molar-refractivity contribution is 5.76. The summed E-state index contributed by atoms with van der Waals surface area (Å²) in [5.74, 6) is -0.133. The number of hydrogen-bond donors (Lipinski definition) is 3. The molecule has 1 amide bonds. The van der Waals surface area contributed by atoms with E-state index in [0.717, 1.165) is 83.5 Å². The largest absolute Gasteiger partial charge is 0.466 e. The molecule has 0 spiro atoms. The van der Waals surface area contributed by atoms with Gasteiger partial charge in [0, 0.05) is 12.8 Å². The van der Waals surface area contributed by atoms with E-state index in [0.29, 0.717) is 19.4 Å². The highest BCUT2D eigenvalue weighted by Gasteiger charge is 2.18. The SMILES string of the molecule is CCCCCC/C=C\CCCCCCCC(=O)OCCCCC/C=C\CCCCCCCC(=O)NC(CO)C(O)/C=C/CCCCCCCCCC. The number of hydrogen-bond acceptors (Lipinski definition) is 5. The number of carbonyl (C=O) groups excluding carboxylic acids is 2. The number of nitrogens with one attached hydrogen (secondary N) is 1. The third kappa shape index (κ3) is 37.8. The van der Waals surface area contributed by atoms with Crippen molar-refractivity contribution >= 4 is 11.9 Å². The number of rotatable bonds is 40. The van der Waals surface area contributed by atoms with E-state index >= 15 is 0 Å². The molecule has 6 nitrogen and oxygen atoms in total. The van der Waals surface area contributed by atoms with Crippen molar-refractivity contribution in [1.82, 2.24) is 5.32 Å². The number of carbonyl (C=O) groups is 2. The van der Waals surface area contributed by atoms with Crippen molar-refractivity contribution < 1.29 is 24.5 Å². The van der Waals surface area contributed by atoms with Crippen LogP contribution in [0.2, 0.25) is 0 Å². The van der Waals surface area contributed by atoms with Gasteiger partial charge in [-0.05, 0) is 89.9 Å². The standard InChI is InChI=1S/C46H85NO5/c1-3-5-7-9-11-13-15-16-20-24-28-32-36-40-46(51)52-41-37-33-29-25-21-18-17-19-23-27-31-35-39-45(50)47-43(42-48)44(49)38-34-30-26-22-14-12-10-8-6-4-2/h13,15,18,21,34,38,43-44,48-49H,3-12,14,16-17,19-20,22-33,35-37,39-42H2,1-2H3,(H,47,50)/b15-13-,21-18-,38-34+. The van der Waals surface area contributed by atoms with Gasteiger partial charge in [0.2, 0.25) is 5.91 Å². The fraction of sp³-hybridized carbons (Fsp3) is 0.826. The van der Waals surface area contributed by atoms with Gasteiger partial charge >= 0.3 is 5.97 Å². The molecule has 0 radical (unpaired) electrons. The van der Waals surface area contributed by atoms with E-state index in [2.05, 4.69) is 43.5 Å². The van der Waals surface area contributed by atoms with Crippen LogP contribution in [0, 0.1) is 0 Å². The lowest BCUT2D eigenvalue weighted by Crippen LogP contribution is -2.45. The van der Waals surface area contributed by atoms with Crippen LogP contribution < -0.4 is 5.32 Å². The third-order valence-corrected chi connectivity index (χ3v) is 9.88. The van der Waals surface area contributed by atoms with Gasteiger partial charge in [0.15, 0.2) is 0 Å². The summed E-state index contributed by atoms with van der Waals surface area (Å²) < 4.78 is 5.42. The molecule has 6 heteroatoms. The number of allylic oxidation sites excluding steroid dienone is 5. The average Bonchev–Trinajstić information content (AvgIpc) is 3.14. The summed E-state index contributed by atoms with van der Waals surface area (Å²) >= 11 is 0. The molecule has 0 saturated carbocycles. The Morgan fingerprint density at radius 3 is 1.38 bits per heavy atom. The first-order valence-electron chi connectivity index (χ1n) is 22.3. The first-order chi connectivity index (χ1) is 25.5. The molecule has 0 aliphatic heterocycles. The van der Waals surface area contributed by atoms with E-state index < -0.39 is 12.1 Å². The zero-order valence-corrected chi connectivity index (χ0v) is 34.3. The molecule has 0 heterocycles. The van der Waals surface area contributed by atoms with Gasteiger partial charge in [-0.3, -0.25) is 9.59 Å². The Bertz CT molecular complexity index is 854. The second kappa shape index (κ2) is 41.8. The molecule has 0 aromatic carbocycles. The topological polar surface area (TPSA) is 95.9 Å². The Kier molecular flexibility index (Phi) is 40.3. The molecule has 2 unspecified atom stereocenters. The number of unbranched alkanes of at least 4 members (excludes halogenated alkanes) is 25. The summed E-state index contributed by atoms with van der Waals surface area (Å²) in [7, 11) is 0. The minimum absolute atomic E-state index is 0.0352. The van der Waals surface area contributed by atoms with E-state index in [-0.39, 0.29) is 18.5 Å². The number of amides is 1. The van der Waals surface area contributed by atoms with Crippen LogP contribution in [0.3, 0.4) is 0 Å². The Hall–Kier alpha value is -1.92. The fourth-order valence-electron chi connectivity index (χ4n) is 6.38. The molecule has 0 fully saturated rings. The smallest absolute Gasteiger partial charge is 0.305 e. The van der Waals surface area contributed by atoms with Gasteiger partial charge in [-0.1, -0.05) is 153 Å². The summed E-state index contributed by atoms with van der Waals surface area (Å²) in [5, 5.41) is 22.9. The summed E-state index contributed by atoms with van der Waals surface area (Å²) in [6.45, 7) is 4.78. The summed E-state index contributed by atoms with van der Waals surface area (Å²) in [5.41, 5.74) is 0. The molecule has 0 bridgehead atoms. The van der Waals surface area contributed by atoms with Crippen LogP contribution in [-0.4, -0.2) is 47.4 Å². The van der Waals surface area contributed by atoms with Gasteiger partial charge in [0.25, 0.3) is 0 Å². The molecular formula is C46H85NO5. The van der Waals surface area contributed by atoms with Gasteiger partial charge in [0.1, 0.15) is 0 Å². The molecule has 304 valence electrons. The summed E-state index contributed by atoms with van der Waals surface area (Å²) in [6.07, 6.45) is 48.4. The second-order valence-corrected chi connectivity index (χ2v) is 15.0. The van der Waals surface area contributed by atoms with Gasteiger partial charge in [-0.15, -0.1) is 0 Å². The zero-order valence-electron chi connectivity index (χ0n) is 34.3. The van der Waals surface area contributed by atoms with Crippen LogP contribution in [0.25, 0.3) is 0 Å². The monoisotopic (exact) mass is 732 g/mol. The van der Waals surface area contributed by atoms with Crippen LogP contribution in [0.15, 0.2) is 36.5 Å².